The van der Waals surface area contributed by atoms with Crippen molar-refractivity contribution in [3.63, 3.8) is 0 Å². The van der Waals surface area contributed by atoms with E-state index in [2.05, 4.69) is 10.3 Å². The van der Waals surface area contributed by atoms with Crippen LogP contribution >= 0.6 is 36.2 Å². The van der Waals surface area contributed by atoms with Crippen LogP contribution in [0.15, 0.2) is 30.3 Å². The molecule has 148 valence electrons. The van der Waals surface area contributed by atoms with Crippen molar-refractivity contribution in [3.8, 4) is 11.3 Å². The maximum Gasteiger partial charge on any atom is 0.263 e. The molecule has 27 heavy (non-hydrogen) atoms. The van der Waals surface area contributed by atoms with Gasteiger partial charge in [-0.3, -0.25) is 4.79 Å². The molecule has 4 rings (SSSR count). The minimum Gasteiger partial charge on any atom is -0.348 e. The number of carbonyl (C=O) groups is 1. The predicted octanol–water partition coefficient (Wildman–Crippen LogP) is 4.60. The number of carbonyl (C=O) groups excluding carboxylic acids is 1. The highest BCUT2D eigenvalue weighted by Gasteiger charge is 2.40. The van der Waals surface area contributed by atoms with E-state index in [1.165, 1.54) is 30.6 Å². The topological polar surface area (TPSA) is 68.0 Å². The fourth-order valence-electron chi connectivity index (χ4n) is 4.61. The highest BCUT2D eigenvalue weighted by Crippen LogP contribution is 2.40. The number of aryl methyl sites for hydroxylation is 1. The van der Waals surface area contributed by atoms with Gasteiger partial charge in [-0.2, -0.15) is 0 Å². The number of nitrogens with two attached hydrogens (primary N) is 1. The zero-order valence-corrected chi connectivity index (χ0v) is 17.8. The molecule has 1 aromatic heterocycles. The van der Waals surface area contributed by atoms with Crippen LogP contribution < -0.4 is 11.1 Å². The van der Waals surface area contributed by atoms with Crippen molar-refractivity contribution in [2.45, 2.75) is 51.1 Å². The van der Waals surface area contributed by atoms with E-state index in [9.17, 15) is 4.79 Å². The van der Waals surface area contributed by atoms with E-state index in [0.717, 1.165) is 34.0 Å². The SMILES string of the molecule is Cc1nc(-c2ccccc2)c(C(=O)NC2C3CCCC2CC(N)C3)s1.Cl.Cl. The third kappa shape index (κ3) is 4.65. The Bertz CT molecular complexity index is 754. The van der Waals surface area contributed by atoms with Gasteiger partial charge < -0.3 is 11.1 Å². The number of thiazole rings is 1. The van der Waals surface area contributed by atoms with E-state index in [0.29, 0.717) is 17.9 Å². The molecule has 2 fully saturated rings. The van der Waals surface area contributed by atoms with Crippen LogP contribution in [0.4, 0.5) is 0 Å². The zero-order chi connectivity index (χ0) is 17.4. The minimum atomic E-state index is 0. The highest BCUT2D eigenvalue weighted by molar-refractivity contribution is 7.14. The summed E-state index contributed by atoms with van der Waals surface area (Å²) in [5.74, 6) is 1.09. The molecular weight excluding hydrogens is 401 g/mol. The second-order valence-corrected chi connectivity index (χ2v) is 8.66. The van der Waals surface area contributed by atoms with Gasteiger partial charge in [-0.05, 0) is 44.4 Å². The molecule has 0 saturated heterocycles. The highest BCUT2D eigenvalue weighted by atomic mass is 35.5. The number of halogens is 2. The largest absolute Gasteiger partial charge is 0.348 e. The number of fused-ring (bicyclic) bond motifs is 2. The quantitative estimate of drug-likeness (QED) is 0.751. The molecule has 2 bridgehead atoms. The molecule has 0 aliphatic heterocycles. The van der Waals surface area contributed by atoms with Crippen LogP contribution in [0.3, 0.4) is 0 Å². The van der Waals surface area contributed by atoms with Gasteiger partial charge in [0.2, 0.25) is 0 Å². The molecule has 1 heterocycles. The van der Waals surface area contributed by atoms with E-state index < -0.39 is 0 Å². The van der Waals surface area contributed by atoms with Crippen LogP contribution in [0.1, 0.15) is 46.8 Å². The molecule has 2 saturated carbocycles. The fourth-order valence-corrected chi connectivity index (χ4v) is 5.46. The van der Waals surface area contributed by atoms with Gasteiger partial charge in [-0.25, -0.2) is 4.98 Å². The molecule has 0 spiro atoms. The first-order valence-electron chi connectivity index (χ1n) is 9.21. The van der Waals surface area contributed by atoms with Crippen LogP contribution in [-0.4, -0.2) is 23.0 Å². The molecule has 1 amide bonds. The summed E-state index contributed by atoms with van der Waals surface area (Å²) >= 11 is 1.49. The lowest BCUT2D eigenvalue weighted by Crippen LogP contribution is -2.53. The first kappa shape index (κ1) is 22.2. The van der Waals surface area contributed by atoms with E-state index in [4.69, 9.17) is 5.73 Å². The zero-order valence-electron chi connectivity index (χ0n) is 15.4. The average Bonchev–Trinajstić information content (AvgIpc) is 2.98. The Hall–Kier alpha value is -1.14. The number of aromatic nitrogens is 1. The number of benzene rings is 1. The standard InChI is InChI=1S/C20H25N3OS.2ClH/c1-12-22-18(13-6-3-2-4-7-13)19(25-12)20(24)23-17-14-8-5-9-15(17)11-16(21)10-14;;/h2-4,6-7,14-17H,5,8-11,21H2,1H3,(H,23,24);2*1H. The predicted molar refractivity (Wildman–Crippen MR) is 116 cm³/mol. The monoisotopic (exact) mass is 427 g/mol. The Kier molecular flexibility index (Phi) is 7.69. The smallest absolute Gasteiger partial charge is 0.263 e. The summed E-state index contributed by atoms with van der Waals surface area (Å²) in [5.41, 5.74) is 8.02. The lowest BCUT2D eigenvalue weighted by atomic mass is 9.67. The molecule has 2 atom stereocenters. The third-order valence-corrected chi connectivity index (χ3v) is 6.63. The summed E-state index contributed by atoms with van der Waals surface area (Å²) < 4.78 is 0. The summed E-state index contributed by atoms with van der Waals surface area (Å²) in [6.07, 6.45) is 5.71. The molecule has 4 nitrogen and oxygen atoms in total. The number of rotatable bonds is 3. The third-order valence-electron chi connectivity index (χ3n) is 5.66. The molecule has 2 aliphatic carbocycles. The molecular formula is C20H27Cl2N3OS. The van der Waals surface area contributed by atoms with Gasteiger partial charge in [0.1, 0.15) is 4.88 Å². The van der Waals surface area contributed by atoms with E-state index in [1.54, 1.807) is 0 Å². The van der Waals surface area contributed by atoms with Gasteiger partial charge in [-0.1, -0.05) is 36.8 Å². The lowest BCUT2D eigenvalue weighted by Gasteiger charge is -2.45. The van der Waals surface area contributed by atoms with Gasteiger partial charge >= 0.3 is 0 Å². The lowest BCUT2D eigenvalue weighted by molar-refractivity contribution is 0.0760. The average molecular weight is 428 g/mol. The summed E-state index contributed by atoms with van der Waals surface area (Å²) in [6, 6.07) is 10.5. The summed E-state index contributed by atoms with van der Waals surface area (Å²) in [7, 11) is 0. The number of hydrogen-bond donors (Lipinski definition) is 2. The van der Waals surface area contributed by atoms with Crippen molar-refractivity contribution in [2.24, 2.45) is 17.6 Å². The molecule has 2 aliphatic rings. The fraction of sp³-hybridized carbons (Fsp3) is 0.500. The van der Waals surface area contributed by atoms with Crippen LogP contribution in [0, 0.1) is 18.8 Å². The van der Waals surface area contributed by atoms with Gasteiger partial charge in [0.25, 0.3) is 5.91 Å². The van der Waals surface area contributed by atoms with Crippen molar-refractivity contribution in [1.82, 2.24) is 10.3 Å². The molecule has 2 aromatic rings. The van der Waals surface area contributed by atoms with Crippen LogP contribution in [-0.2, 0) is 0 Å². The molecule has 7 heteroatoms. The first-order valence-corrected chi connectivity index (χ1v) is 10.0. The molecule has 0 radical (unpaired) electrons. The van der Waals surface area contributed by atoms with E-state index in [1.807, 2.05) is 37.3 Å². The second kappa shape index (κ2) is 9.37. The van der Waals surface area contributed by atoms with Crippen molar-refractivity contribution >= 4 is 42.1 Å². The Morgan fingerprint density at radius 2 is 1.78 bits per heavy atom. The maximum atomic E-state index is 13.1. The van der Waals surface area contributed by atoms with Gasteiger partial charge in [0.15, 0.2) is 0 Å². The molecule has 2 unspecified atom stereocenters. The Labute approximate surface area is 177 Å². The number of nitrogens with zero attached hydrogens (tertiary/aromatic N) is 1. The molecule has 1 aromatic carbocycles. The van der Waals surface area contributed by atoms with Crippen molar-refractivity contribution in [1.29, 1.82) is 0 Å². The van der Waals surface area contributed by atoms with E-state index >= 15 is 0 Å². The number of nitrogens with one attached hydrogen (secondary N) is 1. The summed E-state index contributed by atoms with van der Waals surface area (Å²) in [4.78, 5) is 18.4. The normalized spacial score (nSPS) is 26.4. The van der Waals surface area contributed by atoms with Gasteiger partial charge in [0, 0.05) is 17.6 Å². The second-order valence-electron chi connectivity index (χ2n) is 7.46. The Balaban J connectivity index is 0.00000131. The molecule has 3 N–H and O–H groups in total. The summed E-state index contributed by atoms with van der Waals surface area (Å²) in [6.45, 7) is 1.96. The minimum absolute atomic E-state index is 0. The van der Waals surface area contributed by atoms with Gasteiger partial charge in [-0.15, -0.1) is 36.2 Å². The van der Waals surface area contributed by atoms with Crippen LogP contribution in [0.25, 0.3) is 11.3 Å². The van der Waals surface area contributed by atoms with E-state index in [-0.39, 0.29) is 36.8 Å². The summed E-state index contributed by atoms with van der Waals surface area (Å²) in [5, 5.41) is 4.28. The van der Waals surface area contributed by atoms with Crippen LogP contribution in [0.2, 0.25) is 0 Å². The van der Waals surface area contributed by atoms with Crippen molar-refractivity contribution in [2.75, 3.05) is 0 Å². The number of hydrogen-bond acceptors (Lipinski definition) is 4. The maximum absolute atomic E-state index is 13.1. The van der Waals surface area contributed by atoms with Crippen molar-refractivity contribution < 1.29 is 4.79 Å². The van der Waals surface area contributed by atoms with Gasteiger partial charge in [0.05, 0.1) is 10.7 Å². The van der Waals surface area contributed by atoms with Crippen molar-refractivity contribution in [3.05, 3.63) is 40.2 Å². The van der Waals surface area contributed by atoms with Crippen LogP contribution in [0.5, 0.6) is 0 Å². The Morgan fingerprint density at radius 3 is 2.41 bits per heavy atom. The Morgan fingerprint density at radius 1 is 1.15 bits per heavy atom. The number of amides is 1. The first-order chi connectivity index (χ1) is 12.1.